The molecule has 104 valence electrons. The minimum atomic E-state index is 0.248. The SMILES string of the molecule is CN1CCN(C)C(Cc2nc3c(s2)CCCC3=O)C1. The highest BCUT2D eigenvalue weighted by Crippen LogP contribution is 2.28. The molecule has 1 fully saturated rings. The van der Waals surface area contributed by atoms with Crippen LogP contribution in [0.3, 0.4) is 0 Å². The lowest BCUT2D eigenvalue weighted by atomic mass is 10.0. The summed E-state index contributed by atoms with van der Waals surface area (Å²) in [5.41, 5.74) is 0.776. The van der Waals surface area contributed by atoms with E-state index in [1.54, 1.807) is 11.3 Å². The Morgan fingerprint density at radius 3 is 2.95 bits per heavy atom. The van der Waals surface area contributed by atoms with E-state index in [1.807, 2.05) is 0 Å². The maximum absolute atomic E-state index is 11.8. The standard InChI is InChI=1S/C14H21N3OS/c1-16-6-7-17(2)10(9-16)8-13-15-14-11(18)4-3-5-12(14)19-13/h10H,3-9H2,1-2H3. The third-order valence-corrected chi connectivity index (χ3v) is 5.34. The molecule has 1 unspecified atom stereocenters. The molecule has 2 aliphatic rings. The first kappa shape index (κ1) is 13.2. The smallest absolute Gasteiger partial charge is 0.182 e. The number of carbonyl (C=O) groups excluding carboxylic acids is 1. The first-order valence-corrected chi connectivity index (χ1v) is 7.85. The van der Waals surface area contributed by atoms with E-state index < -0.39 is 0 Å². The number of nitrogens with zero attached hydrogens (tertiary/aromatic N) is 3. The van der Waals surface area contributed by atoms with Crippen LogP contribution in [0.15, 0.2) is 0 Å². The van der Waals surface area contributed by atoms with Gasteiger partial charge in [-0.25, -0.2) is 4.98 Å². The molecule has 3 rings (SSSR count). The maximum Gasteiger partial charge on any atom is 0.182 e. The van der Waals surface area contributed by atoms with Crippen LogP contribution in [0.25, 0.3) is 0 Å². The van der Waals surface area contributed by atoms with E-state index in [9.17, 15) is 4.79 Å². The normalized spacial score (nSPS) is 25.6. The number of hydrogen-bond acceptors (Lipinski definition) is 5. The van der Waals surface area contributed by atoms with Crippen molar-refractivity contribution in [3.63, 3.8) is 0 Å². The topological polar surface area (TPSA) is 36.4 Å². The van der Waals surface area contributed by atoms with Crippen LogP contribution >= 0.6 is 11.3 Å². The summed E-state index contributed by atoms with van der Waals surface area (Å²) in [6.45, 7) is 3.35. The Bertz CT molecular complexity index is 485. The number of Topliss-reactive ketones (excluding diaryl/α,β-unsaturated/α-hetero) is 1. The lowest BCUT2D eigenvalue weighted by Crippen LogP contribution is -2.50. The molecule has 19 heavy (non-hydrogen) atoms. The zero-order valence-electron chi connectivity index (χ0n) is 11.7. The number of carbonyl (C=O) groups is 1. The van der Waals surface area contributed by atoms with E-state index in [2.05, 4.69) is 28.9 Å². The lowest BCUT2D eigenvalue weighted by molar-refractivity contribution is 0.0967. The maximum atomic E-state index is 11.8. The van der Waals surface area contributed by atoms with E-state index in [0.29, 0.717) is 12.5 Å². The highest BCUT2D eigenvalue weighted by Gasteiger charge is 2.26. The average Bonchev–Trinajstić information content (AvgIpc) is 2.78. The van der Waals surface area contributed by atoms with Gasteiger partial charge in [0.05, 0.1) is 5.01 Å². The summed E-state index contributed by atoms with van der Waals surface area (Å²) in [5, 5.41) is 1.15. The minimum Gasteiger partial charge on any atom is -0.304 e. The van der Waals surface area contributed by atoms with E-state index in [1.165, 1.54) is 4.88 Å². The first-order valence-electron chi connectivity index (χ1n) is 7.04. The summed E-state index contributed by atoms with van der Waals surface area (Å²) in [4.78, 5) is 22.5. The highest BCUT2D eigenvalue weighted by molar-refractivity contribution is 7.12. The lowest BCUT2D eigenvalue weighted by Gasteiger charge is -2.37. The largest absolute Gasteiger partial charge is 0.304 e. The number of fused-ring (bicyclic) bond motifs is 1. The van der Waals surface area contributed by atoms with Gasteiger partial charge >= 0.3 is 0 Å². The molecule has 1 atom stereocenters. The van der Waals surface area contributed by atoms with Gasteiger partial charge in [-0.3, -0.25) is 4.79 Å². The van der Waals surface area contributed by atoms with Crippen molar-refractivity contribution in [2.45, 2.75) is 31.7 Å². The average molecular weight is 279 g/mol. The molecular weight excluding hydrogens is 258 g/mol. The van der Waals surface area contributed by atoms with E-state index in [-0.39, 0.29) is 5.78 Å². The number of aryl methyl sites for hydroxylation is 1. The molecule has 0 bridgehead atoms. The number of hydrogen-bond donors (Lipinski definition) is 0. The molecule has 1 saturated heterocycles. The summed E-state index contributed by atoms with van der Waals surface area (Å²) >= 11 is 1.76. The fourth-order valence-electron chi connectivity index (χ4n) is 2.93. The van der Waals surface area contributed by atoms with Crippen molar-refractivity contribution in [1.82, 2.24) is 14.8 Å². The third kappa shape index (κ3) is 2.73. The van der Waals surface area contributed by atoms with Crippen molar-refractivity contribution >= 4 is 17.1 Å². The Kier molecular flexibility index (Phi) is 3.69. The van der Waals surface area contributed by atoms with Gasteiger partial charge in [-0.2, -0.15) is 0 Å². The molecular formula is C14H21N3OS. The molecule has 1 aliphatic heterocycles. The Labute approximate surface area is 118 Å². The van der Waals surface area contributed by atoms with Gasteiger partial charge in [-0.05, 0) is 26.9 Å². The summed E-state index contributed by atoms with van der Waals surface area (Å²) < 4.78 is 0. The molecule has 0 saturated carbocycles. The Balaban J connectivity index is 1.74. The highest BCUT2D eigenvalue weighted by atomic mass is 32.1. The van der Waals surface area contributed by atoms with Crippen LogP contribution in [0.1, 0.15) is 33.2 Å². The van der Waals surface area contributed by atoms with Crippen LogP contribution in [0.4, 0.5) is 0 Å². The second kappa shape index (κ2) is 5.31. The van der Waals surface area contributed by atoms with Gasteiger partial charge < -0.3 is 9.80 Å². The van der Waals surface area contributed by atoms with Gasteiger partial charge in [0, 0.05) is 43.4 Å². The number of ketones is 1. The van der Waals surface area contributed by atoms with Crippen LogP contribution in [0.5, 0.6) is 0 Å². The minimum absolute atomic E-state index is 0.248. The first-order chi connectivity index (χ1) is 9.13. The fraction of sp³-hybridized carbons (Fsp3) is 0.714. The van der Waals surface area contributed by atoms with Gasteiger partial charge in [-0.1, -0.05) is 0 Å². The van der Waals surface area contributed by atoms with Gasteiger partial charge in [0.2, 0.25) is 0 Å². The number of aromatic nitrogens is 1. The zero-order chi connectivity index (χ0) is 13.4. The van der Waals surface area contributed by atoms with Gasteiger partial charge in [0.1, 0.15) is 5.69 Å². The van der Waals surface area contributed by atoms with Crippen molar-refractivity contribution in [3.8, 4) is 0 Å². The third-order valence-electron chi connectivity index (χ3n) is 4.20. The van der Waals surface area contributed by atoms with Crippen LogP contribution in [0, 0.1) is 0 Å². The van der Waals surface area contributed by atoms with Crippen molar-refractivity contribution in [2.24, 2.45) is 0 Å². The molecule has 1 aliphatic carbocycles. The van der Waals surface area contributed by atoms with E-state index in [0.717, 1.165) is 49.6 Å². The zero-order valence-corrected chi connectivity index (χ0v) is 12.5. The molecule has 1 aromatic heterocycles. The summed E-state index contributed by atoms with van der Waals surface area (Å²) in [6.07, 6.45) is 3.70. The fourth-order valence-corrected chi connectivity index (χ4v) is 4.13. The molecule has 5 heteroatoms. The van der Waals surface area contributed by atoms with Crippen molar-refractivity contribution < 1.29 is 4.79 Å². The molecule has 1 aromatic rings. The Morgan fingerprint density at radius 2 is 2.16 bits per heavy atom. The van der Waals surface area contributed by atoms with Crippen LogP contribution in [-0.4, -0.2) is 60.3 Å². The van der Waals surface area contributed by atoms with Crippen LogP contribution < -0.4 is 0 Å². The van der Waals surface area contributed by atoms with Crippen molar-refractivity contribution in [2.75, 3.05) is 33.7 Å². The predicted molar refractivity (Wildman–Crippen MR) is 77.0 cm³/mol. The molecule has 2 heterocycles. The second-order valence-corrected chi connectivity index (χ2v) is 6.93. The predicted octanol–water partition coefficient (Wildman–Crippen LogP) is 1.45. The van der Waals surface area contributed by atoms with Gasteiger partial charge in [0.25, 0.3) is 0 Å². The summed E-state index contributed by atoms with van der Waals surface area (Å²) in [7, 11) is 4.37. The quantitative estimate of drug-likeness (QED) is 0.821. The van der Waals surface area contributed by atoms with E-state index in [4.69, 9.17) is 0 Å². The summed E-state index contributed by atoms with van der Waals surface area (Å²) in [6, 6.07) is 0.529. The molecule has 4 nitrogen and oxygen atoms in total. The molecule has 0 amide bonds. The van der Waals surface area contributed by atoms with Gasteiger partial charge in [0.15, 0.2) is 5.78 Å². The molecule has 0 spiro atoms. The number of likely N-dealkylation sites (N-methyl/N-ethyl adjacent to an activating group) is 2. The Hall–Kier alpha value is -0.780. The van der Waals surface area contributed by atoms with Gasteiger partial charge in [-0.15, -0.1) is 11.3 Å². The number of piperazine rings is 1. The van der Waals surface area contributed by atoms with Crippen molar-refractivity contribution in [1.29, 1.82) is 0 Å². The van der Waals surface area contributed by atoms with Crippen LogP contribution in [-0.2, 0) is 12.8 Å². The second-order valence-electron chi connectivity index (χ2n) is 5.76. The monoisotopic (exact) mass is 279 g/mol. The van der Waals surface area contributed by atoms with Crippen molar-refractivity contribution in [3.05, 3.63) is 15.6 Å². The molecule has 0 aromatic carbocycles. The Morgan fingerprint density at radius 1 is 1.32 bits per heavy atom. The molecule has 0 N–H and O–H groups in total. The number of thiazole rings is 1. The number of rotatable bonds is 2. The molecule has 0 radical (unpaired) electrons. The van der Waals surface area contributed by atoms with Crippen LogP contribution in [0.2, 0.25) is 0 Å². The summed E-state index contributed by atoms with van der Waals surface area (Å²) in [5.74, 6) is 0.248. The van der Waals surface area contributed by atoms with E-state index >= 15 is 0 Å².